The minimum Gasteiger partial charge on any atom is -0.389 e. The lowest BCUT2D eigenvalue weighted by Crippen LogP contribution is -2.29. The monoisotopic (exact) mass is 224 g/mol. The summed E-state index contributed by atoms with van der Waals surface area (Å²) in [6.45, 7) is 4.50. The SMILES string of the molecule is CCCCC1CCC(C2(O)CC2CC)CC1. The number of aliphatic hydroxyl groups is 1. The molecule has 2 rings (SSSR count). The normalized spacial score (nSPS) is 43.3. The molecular formula is C15H28O. The Morgan fingerprint density at radius 3 is 2.31 bits per heavy atom. The molecule has 16 heavy (non-hydrogen) atoms. The quantitative estimate of drug-likeness (QED) is 0.744. The molecule has 2 aliphatic rings. The third kappa shape index (κ3) is 2.45. The van der Waals surface area contributed by atoms with Crippen LogP contribution in [0.15, 0.2) is 0 Å². The van der Waals surface area contributed by atoms with Crippen molar-refractivity contribution in [1.82, 2.24) is 0 Å². The van der Waals surface area contributed by atoms with Gasteiger partial charge in [-0.3, -0.25) is 0 Å². The molecule has 2 fully saturated rings. The Labute approximate surface area is 101 Å². The summed E-state index contributed by atoms with van der Waals surface area (Å²) in [6, 6.07) is 0. The number of unbranched alkanes of at least 4 members (excludes halogenated alkanes) is 1. The van der Waals surface area contributed by atoms with E-state index in [4.69, 9.17) is 0 Å². The molecule has 1 nitrogen and oxygen atoms in total. The molecule has 1 N–H and O–H groups in total. The van der Waals surface area contributed by atoms with Gasteiger partial charge in [0.25, 0.3) is 0 Å². The third-order valence-electron chi connectivity index (χ3n) is 5.13. The molecule has 0 saturated heterocycles. The lowest BCUT2D eigenvalue weighted by atomic mass is 9.76. The second-order valence-electron chi connectivity index (χ2n) is 6.16. The van der Waals surface area contributed by atoms with Gasteiger partial charge < -0.3 is 5.11 Å². The van der Waals surface area contributed by atoms with Gasteiger partial charge >= 0.3 is 0 Å². The predicted octanol–water partition coefficient (Wildman–Crippen LogP) is 4.14. The minimum atomic E-state index is -0.232. The Bertz CT molecular complexity index is 217. The van der Waals surface area contributed by atoms with Crippen molar-refractivity contribution in [2.75, 3.05) is 0 Å². The first-order chi connectivity index (χ1) is 7.70. The van der Waals surface area contributed by atoms with Crippen LogP contribution in [-0.4, -0.2) is 10.7 Å². The molecule has 0 heterocycles. The average Bonchev–Trinajstić information content (AvgIpc) is 3.00. The molecule has 2 aliphatic carbocycles. The van der Waals surface area contributed by atoms with E-state index in [0.717, 1.165) is 12.3 Å². The Morgan fingerprint density at radius 2 is 1.81 bits per heavy atom. The fourth-order valence-electron chi connectivity index (χ4n) is 3.78. The van der Waals surface area contributed by atoms with Crippen molar-refractivity contribution >= 4 is 0 Å². The van der Waals surface area contributed by atoms with Gasteiger partial charge in [-0.25, -0.2) is 0 Å². The molecule has 1 heteroatoms. The van der Waals surface area contributed by atoms with Gasteiger partial charge in [-0.1, -0.05) is 52.4 Å². The van der Waals surface area contributed by atoms with Crippen LogP contribution in [0.25, 0.3) is 0 Å². The smallest absolute Gasteiger partial charge is 0.0708 e. The molecule has 0 bridgehead atoms. The largest absolute Gasteiger partial charge is 0.389 e. The summed E-state index contributed by atoms with van der Waals surface area (Å²) in [7, 11) is 0. The number of hydrogen-bond acceptors (Lipinski definition) is 1. The Balaban J connectivity index is 1.73. The molecule has 0 aromatic heterocycles. The molecule has 2 unspecified atom stereocenters. The fourth-order valence-corrected chi connectivity index (χ4v) is 3.78. The zero-order valence-electron chi connectivity index (χ0n) is 11.0. The van der Waals surface area contributed by atoms with Gasteiger partial charge in [-0.2, -0.15) is 0 Å². The molecule has 0 aromatic rings. The maximum Gasteiger partial charge on any atom is 0.0708 e. The zero-order chi connectivity index (χ0) is 11.6. The van der Waals surface area contributed by atoms with Crippen molar-refractivity contribution in [3.8, 4) is 0 Å². The summed E-state index contributed by atoms with van der Waals surface area (Å²) >= 11 is 0. The molecule has 0 amide bonds. The maximum atomic E-state index is 10.5. The fraction of sp³-hybridized carbons (Fsp3) is 1.00. The maximum absolute atomic E-state index is 10.5. The molecule has 94 valence electrons. The second-order valence-corrected chi connectivity index (χ2v) is 6.16. The first-order valence-corrected chi connectivity index (χ1v) is 7.43. The first kappa shape index (κ1) is 12.4. The van der Waals surface area contributed by atoms with E-state index in [1.165, 1.54) is 51.4 Å². The van der Waals surface area contributed by atoms with Crippen LogP contribution in [0.3, 0.4) is 0 Å². The van der Waals surface area contributed by atoms with E-state index >= 15 is 0 Å². The highest BCUT2D eigenvalue weighted by molar-refractivity contribution is 5.07. The van der Waals surface area contributed by atoms with Gasteiger partial charge in [0.2, 0.25) is 0 Å². The lowest BCUT2D eigenvalue weighted by molar-refractivity contribution is 0.0350. The molecule has 2 atom stereocenters. The molecule has 0 radical (unpaired) electrons. The van der Waals surface area contributed by atoms with Gasteiger partial charge in [0.1, 0.15) is 0 Å². The van der Waals surface area contributed by atoms with Crippen molar-refractivity contribution in [3.05, 3.63) is 0 Å². The molecule has 0 aliphatic heterocycles. The average molecular weight is 224 g/mol. The van der Waals surface area contributed by atoms with Crippen molar-refractivity contribution < 1.29 is 5.11 Å². The first-order valence-electron chi connectivity index (χ1n) is 7.43. The van der Waals surface area contributed by atoms with E-state index in [-0.39, 0.29) is 5.60 Å². The van der Waals surface area contributed by atoms with E-state index in [1.54, 1.807) is 0 Å². The van der Waals surface area contributed by atoms with Crippen LogP contribution in [0, 0.1) is 17.8 Å². The van der Waals surface area contributed by atoms with Gasteiger partial charge in [-0.15, -0.1) is 0 Å². The summed E-state index contributed by atoms with van der Waals surface area (Å²) in [5.41, 5.74) is -0.232. The van der Waals surface area contributed by atoms with E-state index in [1.807, 2.05) is 0 Å². The third-order valence-corrected chi connectivity index (χ3v) is 5.13. The summed E-state index contributed by atoms with van der Waals surface area (Å²) in [4.78, 5) is 0. The van der Waals surface area contributed by atoms with E-state index < -0.39 is 0 Å². The van der Waals surface area contributed by atoms with Crippen molar-refractivity contribution in [2.24, 2.45) is 17.8 Å². The topological polar surface area (TPSA) is 20.2 Å². The van der Waals surface area contributed by atoms with Gasteiger partial charge in [0.15, 0.2) is 0 Å². The number of rotatable bonds is 5. The molecule has 0 spiro atoms. The lowest BCUT2D eigenvalue weighted by Gasteiger charge is -2.32. The van der Waals surface area contributed by atoms with Gasteiger partial charge in [0.05, 0.1) is 5.60 Å². The molecular weight excluding hydrogens is 196 g/mol. The summed E-state index contributed by atoms with van der Waals surface area (Å²) in [6.07, 6.45) is 11.8. The summed E-state index contributed by atoms with van der Waals surface area (Å²) < 4.78 is 0. The van der Waals surface area contributed by atoms with Crippen LogP contribution in [0.1, 0.15) is 71.6 Å². The van der Waals surface area contributed by atoms with Crippen LogP contribution < -0.4 is 0 Å². The van der Waals surface area contributed by atoms with Gasteiger partial charge in [0, 0.05) is 0 Å². The summed E-state index contributed by atoms with van der Waals surface area (Å²) in [5.74, 6) is 2.23. The predicted molar refractivity (Wildman–Crippen MR) is 68.3 cm³/mol. The van der Waals surface area contributed by atoms with Crippen LogP contribution in [0.4, 0.5) is 0 Å². The van der Waals surface area contributed by atoms with Crippen molar-refractivity contribution in [2.45, 2.75) is 77.2 Å². The zero-order valence-corrected chi connectivity index (χ0v) is 11.0. The minimum absolute atomic E-state index is 0.232. The van der Waals surface area contributed by atoms with E-state index in [0.29, 0.717) is 11.8 Å². The standard InChI is InChI=1S/C15H28O/c1-3-5-6-12-7-9-14(10-8-12)15(16)11-13(15)4-2/h12-14,16H,3-11H2,1-2H3. The van der Waals surface area contributed by atoms with Crippen LogP contribution in [0.2, 0.25) is 0 Å². The van der Waals surface area contributed by atoms with Crippen LogP contribution in [-0.2, 0) is 0 Å². The Kier molecular flexibility index (Phi) is 3.94. The highest BCUT2D eigenvalue weighted by Gasteiger charge is 2.56. The number of hydrogen-bond donors (Lipinski definition) is 1. The highest BCUT2D eigenvalue weighted by atomic mass is 16.3. The van der Waals surface area contributed by atoms with E-state index in [2.05, 4.69) is 13.8 Å². The molecule has 2 saturated carbocycles. The molecule has 0 aromatic carbocycles. The van der Waals surface area contributed by atoms with Crippen LogP contribution >= 0.6 is 0 Å². The van der Waals surface area contributed by atoms with Gasteiger partial charge in [-0.05, 0) is 37.0 Å². The second kappa shape index (κ2) is 5.08. The van der Waals surface area contributed by atoms with Crippen LogP contribution in [0.5, 0.6) is 0 Å². The Hall–Kier alpha value is -0.0400. The Morgan fingerprint density at radius 1 is 1.12 bits per heavy atom. The van der Waals surface area contributed by atoms with E-state index in [9.17, 15) is 5.11 Å². The van der Waals surface area contributed by atoms with Crippen molar-refractivity contribution in [3.63, 3.8) is 0 Å². The highest BCUT2D eigenvalue weighted by Crippen LogP contribution is 2.55. The summed E-state index contributed by atoms with van der Waals surface area (Å²) in [5, 5.41) is 10.5. The van der Waals surface area contributed by atoms with Crippen molar-refractivity contribution in [1.29, 1.82) is 0 Å².